The topological polar surface area (TPSA) is 38.7 Å². The molecular weight excluding hydrogens is 117 g/mol. The van der Waals surface area contributed by atoms with Crippen LogP contribution in [0.25, 0.3) is 0 Å². The van der Waals surface area contributed by atoms with Crippen LogP contribution in [0.1, 0.15) is 0 Å². The van der Waals surface area contributed by atoms with Crippen molar-refractivity contribution in [2.75, 3.05) is 6.54 Å². The predicted octanol–water partition coefficient (Wildman–Crippen LogP) is -0.00670. The molecule has 1 aliphatic heterocycles. The maximum atomic E-state index is 9.90. The second-order valence-electron chi connectivity index (χ2n) is 0.936. The molecule has 0 saturated heterocycles. The number of hydrogen-bond donors (Lipinski definition) is 0. The zero-order chi connectivity index (χ0) is 4.41. The molecule has 1 heterocycles. The average molecular weight is 122 g/mol. The number of halogens is 1. The van der Waals surface area contributed by atoms with Gasteiger partial charge < -0.3 is 4.74 Å². The molecular formula is C3H4ClNO2. The van der Waals surface area contributed by atoms with E-state index in [-0.39, 0.29) is 24.9 Å². The van der Waals surface area contributed by atoms with E-state index in [1.54, 1.807) is 0 Å². The van der Waals surface area contributed by atoms with Crippen LogP contribution in [0.5, 0.6) is 0 Å². The average Bonchev–Trinajstić information content (AvgIpc) is 1.86. The highest BCUT2D eigenvalue weighted by molar-refractivity contribution is 5.85. The third-order valence-electron chi connectivity index (χ3n) is 0.479. The van der Waals surface area contributed by atoms with E-state index >= 15 is 0 Å². The second-order valence-corrected chi connectivity index (χ2v) is 0.936. The Labute approximate surface area is 46.8 Å². The first kappa shape index (κ1) is 6.43. The van der Waals surface area contributed by atoms with Crippen LogP contribution >= 0.6 is 12.4 Å². The summed E-state index contributed by atoms with van der Waals surface area (Å²) in [5, 5.41) is 0. The number of cyclic esters (lactones) is 1. The van der Waals surface area contributed by atoms with Gasteiger partial charge in [0.15, 0.2) is 6.40 Å². The van der Waals surface area contributed by atoms with Gasteiger partial charge in [-0.1, -0.05) is 0 Å². The molecule has 0 fully saturated rings. The van der Waals surface area contributed by atoms with Crippen molar-refractivity contribution in [1.29, 1.82) is 0 Å². The fourth-order valence-corrected chi connectivity index (χ4v) is 0.245. The SMILES string of the molecule is Cl.O=C1CN=CO1. The minimum absolute atomic E-state index is 0. The molecule has 0 amide bonds. The maximum Gasteiger partial charge on any atom is 0.334 e. The normalized spacial score (nSPS) is 15.7. The number of ether oxygens (including phenoxy) is 1. The first-order chi connectivity index (χ1) is 2.89. The monoisotopic (exact) mass is 121 g/mol. The molecule has 40 valence electrons. The van der Waals surface area contributed by atoms with Crippen molar-refractivity contribution in [1.82, 2.24) is 0 Å². The quantitative estimate of drug-likeness (QED) is 0.423. The van der Waals surface area contributed by atoms with Crippen molar-refractivity contribution in [3.05, 3.63) is 0 Å². The summed E-state index contributed by atoms with van der Waals surface area (Å²) in [5.41, 5.74) is 0. The number of carbonyl (C=O) groups is 1. The number of esters is 1. The van der Waals surface area contributed by atoms with E-state index in [0.29, 0.717) is 0 Å². The molecule has 0 atom stereocenters. The van der Waals surface area contributed by atoms with Gasteiger partial charge >= 0.3 is 5.97 Å². The van der Waals surface area contributed by atoms with E-state index in [1.165, 1.54) is 0 Å². The molecule has 0 unspecified atom stereocenters. The lowest BCUT2D eigenvalue weighted by molar-refractivity contribution is -0.131. The molecule has 4 heteroatoms. The van der Waals surface area contributed by atoms with Crippen LogP contribution in [0, 0.1) is 0 Å². The van der Waals surface area contributed by atoms with Crippen LogP contribution < -0.4 is 0 Å². The summed E-state index contributed by atoms with van der Waals surface area (Å²) < 4.78 is 4.22. The standard InChI is InChI=1S/C3H3NO2.ClH/c5-3-1-4-2-6-3;/h2H,1H2;1H. The Hall–Kier alpha value is -0.570. The van der Waals surface area contributed by atoms with Gasteiger partial charge in [0.1, 0.15) is 6.54 Å². The van der Waals surface area contributed by atoms with E-state index in [1.807, 2.05) is 0 Å². The molecule has 0 saturated carbocycles. The second kappa shape index (κ2) is 2.58. The molecule has 1 aliphatic rings. The molecule has 0 aromatic carbocycles. The van der Waals surface area contributed by atoms with Crippen molar-refractivity contribution in [3.8, 4) is 0 Å². The largest absolute Gasteiger partial charge is 0.413 e. The van der Waals surface area contributed by atoms with Gasteiger partial charge in [0.05, 0.1) is 0 Å². The molecule has 0 aromatic heterocycles. The fraction of sp³-hybridized carbons (Fsp3) is 0.333. The highest BCUT2D eigenvalue weighted by Gasteiger charge is 2.02. The Bertz CT molecular complexity index is 91.1. The number of hydrogen-bond acceptors (Lipinski definition) is 3. The molecule has 0 aliphatic carbocycles. The predicted molar refractivity (Wildman–Crippen MR) is 26.7 cm³/mol. The summed E-state index contributed by atoms with van der Waals surface area (Å²) in [6.07, 6.45) is 1.16. The van der Waals surface area contributed by atoms with Crippen LogP contribution in [0.4, 0.5) is 0 Å². The fourth-order valence-electron chi connectivity index (χ4n) is 0.245. The van der Waals surface area contributed by atoms with Gasteiger partial charge in [-0.25, -0.2) is 9.79 Å². The minimum Gasteiger partial charge on any atom is -0.413 e. The zero-order valence-electron chi connectivity index (χ0n) is 3.46. The lowest BCUT2D eigenvalue weighted by atomic mass is 10.7. The first-order valence-corrected chi connectivity index (χ1v) is 1.57. The summed E-state index contributed by atoms with van der Waals surface area (Å²) in [6.45, 7) is 0.194. The van der Waals surface area contributed by atoms with Crippen molar-refractivity contribution in [2.24, 2.45) is 4.99 Å². The molecule has 0 N–H and O–H groups in total. The minimum atomic E-state index is -0.269. The lowest BCUT2D eigenvalue weighted by Gasteiger charge is -1.75. The van der Waals surface area contributed by atoms with Gasteiger partial charge in [-0.15, -0.1) is 12.4 Å². The van der Waals surface area contributed by atoms with Gasteiger partial charge in [0.25, 0.3) is 0 Å². The Morgan fingerprint density at radius 2 is 2.57 bits per heavy atom. The van der Waals surface area contributed by atoms with Crippen LogP contribution in [-0.2, 0) is 9.53 Å². The Kier molecular flexibility index (Phi) is 2.37. The van der Waals surface area contributed by atoms with Crippen LogP contribution in [0.2, 0.25) is 0 Å². The molecule has 3 nitrogen and oxygen atoms in total. The summed E-state index contributed by atoms with van der Waals surface area (Å²) in [4.78, 5) is 13.4. The van der Waals surface area contributed by atoms with Gasteiger partial charge in [-0.3, -0.25) is 0 Å². The maximum absolute atomic E-state index is 9.90. The molecule has 0 aromatic rings. The number of rotatable bonds is 0. The van der Waals surface area contributed by atoms with Gasteiger partial charge in [-0.2, -0.15) is 0 Å². The zero-order valence-corrected chi connectivity index (χ0v) is 4.27. The smallest absolute Gasteiger partial charge is 0.334 e. The Morgan fingerprint density at radius 3 is 2.71 bits per heavy atom. The van der Waals surface area contributed by atoms with Crippen molar-refractivity contribution < 1.29 is 9.53 Å². The van der Waals surface area contributed by atoms with E-state index in [0.717, 1.165) is 6.40 Å². The van der Waals surface area contributed by atoms with Crippen LogP contribution in [-0.4, -0.2) is 18.9 Å². The Morgan fingerprint density at radius 1 is 1.86 bits per heavy atom. The van der Waals surface area contributed by atoms with E-state index in [4.69, 9.17) is 0 Å². The van der Waals surface area contributed by atoms with Crippen molar-refractivity contribution in [2.45, 2.75) is 0 Å². The highest BCUT2D eigenvalue weighted by atomic mass is 35.5. The summed E-state index contributed by atoms with van der Waals surface area (Å²) in [6, 6.07) is 0. The number of aliphatic imine (C=N–C) groups is 1. The van der Waals surface area contributed by atoms with Crippen LogP contribution in [0.15, 0.2) is 4.99 Å². The third kappa shape index (κ3) is 1.55. The summed E-state index contributed by atoms with van der Waals surface area (Å²) >= 11 is 0. The number of nitrogens with zero attached hydrogens (tertiary/aromatic N) is 1. The molecule has 0 bridgehead atoms. The van der Waals surface area contributed by atoms with Gasteiger partial charge in [0.2, 0.25) is 0 Å². The first-order valence-electron chi connectivity index (χ1n) is 1.57. The van der Waals surface area contributed by atoms with Crippen molar-refractivity contribution in [3.63, 3.8) is 0 Å². The molecule has 0 radical (unpaired) electrons. The van der Waals surface area contributed by atoms with Gasteiger partial charge in [-0.05, 0) is 0 Å². The highest BCUT2D eigenvalue weighted by Crippen LogP contribution is 1.82. The summed E-state index contributed by atoms with van der Waals surface area (Å²) in [5.74, 6) is -0.269. The molecule has 1 rings (SSSR count). The molecule has 7 heavy (non-hydrogen) atoms. The van der Waals surface area contributed by atoms with Crippen molar-refractivity contribution >= 4 is 24.8 Å². The summed E-state index contributed by atoms with van der Waals surface area (Å²) in [7, 11) is 0. The van der Waals surface area contributed by atoms with E-state index in [2.05, 4.69) is 9.73 Å². The molecule has 0 spiro atoms. The number of carbonyl (C=O) groups excluding carboxylic acids is 1. The van der Waals surface area contributed by atoms with Gasteiger partial charge in [0, 0.05) is 0 Å². The third-order valence-corrected chi connectivity index (χ3v) is 0.479. The lowest BCUT2D eigenvalue weighted by Crippen LogP contribution is -1.95. The Balaban J connectivity index is 0.000000360. The van der Waals surface area contributed by atoms with E-state index < -0.39 is 0 Å². The van der Waals surface area contributed by atoms with E-state index in [9.17, 15) is 4.79 Å². The van der Waals surface area contributed by atoms with Crippen LogP contribution in [0.3, 0.4) is 0 Å².